The summed E-state index contributed by atoms with van der Waals surface area (Å²) in [6.07, 6.45) is 3.29. The lowest BCUT2D eigenvalue weighted by molar-refractivity contribution is 0.402. The van der Waals surface area contributed by atoms with Crippen molar-refractivity contribution < 1.29 is 4.74 Å². The van der Waals surface area contributed by atoms with Crippen molar-refractivity contribution in [2.45, 2.75) is 0 Å². The number of rotatable bonds is 3. The van der Waals surface area contributed by atoms with Crippen LogP contribution in [-0.2, 0) is 7.05 Å². The molecule has 0 aliphatic heterocycles. The zero-order valence-electron chi connectivity index (χ0n) is 12.6. The average Bonchev–Trinajstić information content (AvgIpc) is 3.18. The molecular formula is C16H13N5OS. The first-order valence-electron chi connectivity index (χ1n) is 7.00. The molecule has 0 radical (unpaired) electrons. The van der Waals surface area contributed by atoms with Gasteiger partial charge >= 0.3 is 0 Å². The number of aromatic nitrogens is 5. The van der Waals surface area contributed by atoms with Gasteiger partial charge in [-0.3, -0.25) is 0 Å². The number of benzene rings is 1. The van der Waals surface area contributed by atoms with Crippen molar-refractivity contribution in [2.75, 3.05) is 7.11 Å². The van der Waals surface area contributed by atoms with Gasteiger partial charge in [0.1, 0.15) is 17.0 Å². The molecule has 4 aromatic rings. The maximum Gasteiger partial charge on any atom is 0.244 e. The van der Waals surface area contributed by atoms with Crippen LogP contribution in [0.4, 0.5) is 0 Å². The summed E-state index contributed by atoms with van der Waals surface area (Å²) < 4.78 is 7.25. The van der Waals surface area contributed by atoms with E-state index in [2.05, 4.69) is 19.9 Å². The lowest BCUT2D eigenvalue weighted by Crippen LogP contribution is -1.92. The largest absolute Gasteiger partial charge is 0.479 e. The van der Waals surface area contributed by atoms with E-state index in [9.17, 15) is 0 Å². The Morgan fingerprint density at radius 3 is 2.70 bits per heavy atom. The van der Waals surface area contributed by atoms with E-state index in [-0.39, 0.29) is 0 Å². The van der Waals surface area contributed by atoms with Crippen LogP contribution in [-0.4, -0.2) is 31.6 Å². The molecule has 0 aliphatic rings. The number of aryl methyl sites for hydroxylation is 1. The van der Waals surface area contributed by atoms with Gasteiger partial charge in [-0.15, -0.1) is 0 Å². The number of fused-ring (bicyclic) bond motifs is 1. The van der Waals surface area contributed by atoms with E-state index in [1.807, 2.05) is 41.9 Å². The summed E-state index contributed by atoms with van der Waals surface area (Å²) >= 11 is 1.50. The predicted octanol–water partition coefficient (Wildman–Crippen LogP) is 3.16. The Bertz CT molecular complexity index is 977. The fraction of sp³-hybridized carbons (Fsp3) is 0.125. The second kappa shape index (κ2) is 5.44. The van der Waals surface area contributed by atoms with Crippen LogP contribution < -0.4 is 4.74 Å². The van der Waals surface area contributed by atoms with Crippen molar-refractivity contribution in [1.82, 2.24) is 24.5 Å². The second-order valence-corrected chi connectivity index (χ2v) is 5.95. The number of hydrogen-bond donors (Lipinski definition) is 0. The van der Waals surface area contributed by atoms with Gasteiger partial charge in [-0.2, -0.15) is 4.98 Å². The summed E-state index contributed by atoms with van der Waals surface area (Å²) in [6.45, 7) is 0. The van der Waals surface area contributed by atoms with E-state index in [1.165, 1.54) is 17.7 Å². The highest BCUT2D eigenvalue weighted by molar-refractivity contribution is 7.21. The van der Waals surface area contributed by atoms with Gasteiger partial charge in [0, 0.05) is 12.6 Å². The van der Waals surface area contributed by atoms with Crippen molar-refractivity contribution in [3.63, 3.8) is 0 Å². The van der Waals surface area contributed by atoms with E-state index < -0.39 is 0 Å². The molecule has 0 bridgehead atoms. The van der Waals surface area contributed by atoms with E-state index in [0.29, 0.717) is 11.4 Å². The van der Waals surface area contributed by atoms with Gasteiger partial charge in [0.25, 0.3) is 0 Å². The molecule has 0 saturated heterocycles. The lowest BCUT2D eigenvalue weighted by atomic mass is 10.1. The number of thiazole rings is 1. The van der Waals surface area contributed by atoms with Crippen LogP contribution in [0, 0.1) is 0 Å². The number of ether oxygens (including phenoxy) is 1. The van der Waals surface area contributed by atoms with Crippen molar-refractivity contribution >= 4 is 21.7 Å². The third-order valence-electron chi connectivity index (χ3n) is 3.54. The molecule has 0 fully saturated rings. The summed E-state index contributed by atoms with van der Waals surface area (Å²) in [5.74, 6) is 0.487. The maximum absolute atomic E-state index is 5.27. The Labute approximate surface area is 136 Å². The summed E-state index contributed by atoms with van der Waals surface area (Å²) in [5, 5.41) is 0.845. The number of nitrogens with zero attached hydrogens (tertiary/aromatic N) is 5. The zero-order valence-corrected chi connectivity index (χ0v) is 13.4. The summed E-state index contributed by atoms with van der Waals surface area (Å²) in [4.78, 5) is 18.4. The quantitative estimate of drug-likeness (QED) is 0.579. The summed E-state index contributed by atoms with van der Waals surface area (Å²) in [6, 6.07) is 10.1. The first-order chi connectivity index (χ1) is 11.3. The molecule has 0 aliphatic carbocycles. The fourth-order valence-electron chi connectivity index (χ4n) is 2.47. The van der Waals surface area contributed by atoms with E-state index in [4.69, 9.17) is 4.74 Å². The molecule has 0 amide bonds. The second-order valence-electron chi connectivity index (χ2n) is 4.97. The summed E-state index contributed by atoms with van der Waals surface area (Å²) in [7, 11) is 3.55. The fourth-order valence-corrected chi connectivity index (χ4v) is 3.46. The van der Waals surface area contributed by atoms with Crippen molar-refractivity contribution in [3.8, 4) is 27.8 Å². The minimum absolute atomic E-state index is 0.487. The minimum atomic E-state index is 0.487. The molecule has 23 heavy (non-hydrogen) atoms. The van der Waals surface area contributed by atoms with Crippen LogP contribution in [0.2, 0.25) is 0 Å². The van der Waals surface area contributed by atoms with Gasteiger partial charge in [-0.1, -0.05) is 41.7 Å². The van der Waals surface area contributed by atoms with Crippen LogP contribution in [0.1, 0.15) is 0 Å². The molecule has 6 nitrogen and oxygen atoms in total. The molecule has 0 unspecified atom stereocenters. The van der Waals surface area contributed by atoms with E-state index in [0.717, 1.165) is 26.8 Å². The van der Waals surface area contributed by atoms with Crippen LogP contribution in [0.15, 0.2) is 43.0 Å². The average molecular weight is 323 g/mol. The highest BCUT2D eigenvalue weighted by Crippen LogP contribution is 2.36. The third-order valence-corrected chi connectivity index (χ3v) is 4.51. The molecule has 4 rings (SSSR count). The normalized spacial score (nSPS) is 11.0. The molecule has 3 heterocycles. The van der Waals surface area contributed by atoms with E-state index in [1.54, 1.807) is 13.4 Å². The van der Waals surface area contributed by atoms with Crippen LogP contribution in [0.5, 0.6) is 5.88 Å². The van der Waals surface area contributed by atoms with Crippen molar-refractivity contribution in [2.24, 2.45) is 7.05 Å². The first-order valence-corrected chi connectivity index (χ1v) is 7.82. The predicted molar refractivity (Wildman–Crippen MR) is 89.4 cm³/mol. The van der Waals surface area contributed by atoms with E-state index >= 15 is 0 Å². The van der Waals surface area contributed by atoms with Gasteiger partial charge in [0.05, 0.1) is 19.1 Å². The topological polar surface area (TPSA) is 65.7 Å². The van der Waals surface area contributed by atoms with Gasteiger partial charge in [-0.25, -0.2) is 15.0 Å². The SMILES string of the molecule is COc1ncnc2sc(-c3c(-c4ccccc4)ncn3C)nc12. The molecule has 1 aromatic carbocycles. The van der Waals surface area contributed by atoms with Crippen LogP contribution in [0.25, 0.3) is 32.3 Å². The van der Waals surface area contributed by atoms with Crippen LogP contribution >= 0.6 is 11.3 Å². The summed E-state index contributed by atoms with van der Waals surface area (Å²) in [5.41, 5.74) is 3.59. The van der Waals surface area contributed by atoms with Gasteiger partial charge < -0.3 is 9.30 Å². The smallest absolute Gasteiger partial charge is 0.244 e. The van der Waals surface area contributed by atoms with Crippen LogP contribution in [0.3, 0.4) is 0 Å². The molecule has 7 heteroatoms. The van der Waals surface area contributed by atoms with Gasteiger partial charge in [0.2, 0.25) is 5.88 Å². The molecule has 0 saturated carbocycles. The number of hydrogen-bond acceptors (Lipinski definition) is 6. The standard InChI is InChI=1S/C16H13N5OS/c1-21-9-19-11(10-6-4-3-5-7-10)13(21)16-20-12-14(22-2)17-8-18-15(12)23-16/h3-9H,1-2H3. The van der Waals surface area contributed by atoms with Gasteiger partial charge in [-0.05, 0) is 0 Å². The molecule has 114 valence electrons. The minimum Gasteiger partial charge on any atom is -0.479 e. The first kappa shape index (κ1) is 13.8. The molecule has 0 atom stereocenters. The lowest BCUT2D eigenvalue weighted by Gasteiger charge is -2.02. The van der Waals surface area contributed by atoms with Crippen molar-refractivity contribution in [3.05, 3.63) is 43.0 Å². The molecule has 0 spiro atoms. The number of methoxy groups -OCH3 is 1. The maximum atomic E-state index is 5.27. The van der Waals surface area contributed by atoms with Gasteiger partial charge in [0.15, 0.2) is 10.3 Å². The number of imidazole rings is 1. The highest BCUT2D eigenvalue weighted by atomic mass is 32.1. The van der Waals surface area contributed by atoms with Crippen molar-refractivity contribution in [1.29, 1.82) is 0 Å². The zero-order chi connectivity index (χ0) is 15.8. The third kappa shape index (κ3) is 2.25. The Morgan fingerprint density at radius 1 is 1.09 bits per heavy atom. The molecular weight excluding hydrogens is 310 g/mol. The molecule has 3 aromatic heterocycles. The Hall–Kier alpha value is -2.80. The highest BCUT2D eigenvalue weighted by Gasteiger charge is 2.19. The Morgan fingerprint density at radius 2 is 1.91 bits per heavy atom. The monoisotopic (exact) mass is 323 g/mol. The Kier molecular flexibility index (Phi) is 3.27. The Balaban J connectivity index is 1.94. The molecule has 0 N–H and O–H groups in total.